The van der Waals surface area contributed by atoms with Crippen molar-refractivity contribution in [2.24, 2.45) is 0 Å². The number of rotatable bonds is 2. The van der Waals surface area contributed by atoms with Gasteiger partial charge in [-0.2, -0.15) is 0 Å². The number of piperidine rings is 1. The average molecular weight is 172 g/mol. The molecule has 1 heterocycles. The van der Waals surface area contributed by atoms with Gasteiger partial charge in [-0.25, -0.2) is 4.79 Å². The summed E-state index contributed by atoms with van der Waals surface area (Å²) in [6.45, 7) is 4.29. The molecular weight excluding hydrogens is 156 g/mol. The van der Waals surface area contributed by atoms with Crippen molar-refractivity contribution in [1.29, 1.82) is 0 Å². The van der Waals surface area contributed by atoms with Crippen molar-refractivity contribution < 1.29 is 9.90 Å². The highest BCUT2D eigenvalue weighted by Crippen LogP contribution is 2.09. The average Bonchev–Trinajstić information content (AvgIpc) is 2.05. The van der Waals surface area contributed by atoms with Gasteiger partial charge in [-0.15, -0.1) is 0 Å². The van der Waals surface area contributed by atoms with Crippen LogP contribution in [0.25, 0.3) is 0 Å². The van der Waals surface area contributed by atoms with Crippen molar-refractivity contribution in [3.05, 3.63) is 0 Å². The minimum Gasteiger partial charge on any atom is -0.465 e. The fraction of sp³-hybridized carbons (Fsp3) is 0.875. The zero-order chi connectivity index (χ0) is 8.97. The molecule has 0 aromatic carbocycles. The van der Waals surface area contributed by atoms with Crippen LogP contribution in [-0.4, -0.2) is 41.8 Å². The van der Waals surface area contributed by atoms with Crippen LogP contribution in [0.3, 0.4) is 0 Å². The Labute approximate surface area is 72.6 Å². The molecule has 0 aromatic heterocycles. The predicted molar refractivity (Wildman–Crippen MR) is 46.3 cm³/mol. The van der Waals surface area contributed by atoms with Crippen LogP contribution >= 0.6 is 0 Å². The maximum absolute atomic E-state index is 10.6. The number of carbonyl (C=O) groups is 1. The van der Waals surface area contributed by atoms with Gasteiger partial charge >= 0.3 is 6.09 Å². The molecule has 1 unspecified atom stereocenters. The molecule has 1 rings (SSSR count). The second-order valence-corrected chi connectivity index (χ2v) is 3.13. The quantitative estimate of drug-likeness (QED) is 0.646. The van der Waals surface area contributed by atoms with Gasteiger partial charge in [0.1, 0.15) is 0 Å². The minimum absolute atomic E-state index is 0.361. The molecular formula is C8H16N2O2. The first-order valence-corrected chi connectivity index (χ1v) is 4.45. The molecule has 1 amide bonds. The summed E-state index contributed by atoms with van der Waals surface area (Å²) in [4.78, 5) is 12.1. The molecule has 12 heavy (non-hydrogen) atoms. The van der Waals surface area contributed by atoms with Crippen molar-refractivity contribution in [2.75, 3.05) is 19.6 Å². The maximum Gasteiger partial charge on any atom is 0.407 e. The molecule has 1 atom stereocenters. The van der Waals surface area contributed by atoms with Crippen molar-refractivity contribution in [3.63, 3.8) is 0 Å². The number of likely N-dealkylation sites (tertiary alicyclic amines) is 1. The summed E-state index contributed by atoms with van der Waals surface area (Å²) in [5, 5.41) is 12.0. The van der Waals surface area contributed by atoms with Crippen LogP contribution in [0.4, 0.5) is 4.79 Å². The summed E-state index contributed by atoms with van der Waals surface area (Å²) in [5.74, 6) is 0. The van der Waals surface area contributed by atoms with Gasteiger partial charge in [0.25, 0.3) is 0 Å². The van der Waals surface area contributed by atoms with E-state index >= 15 is 0 Å². The lowest BCUT2D eigenvalue weighted by Gasteiger charge is -2.30. The third-order valence-corrected chi connectivity index (χ3v) is 2.18. The lowest BCUT2D eigenvalue weighted by Crippen LogP contribution is -2.47. The molecule has 2 N–H and O–H groups in total. The van der Waals surface area contributed by atoms with E-state index in [2.05, 4.69) is 5.32 Å². The number of hydrogen-bond donors (Lipinski definition) is 2. The Bertz CT molecular complexity index is 159. The van der Waals surface area contributed by atoms with Crippen molar-refractivity contribution in [1.82, 2.24) is 10.2 Å². The van der Waals surface area contributed by atoms with E-state index in [1.54, 1.807) is 0 Å². The van der Waals surface area contributed by atoms with Crippen LogP contribution in [0.5, 0.6) is 0 Å². The van der Waals surface area contributed by atoms with Crippen molar-refractivity contribution in [2.45, 2.75) is 25.8 Å². The van der Waals surface area contributed by atoms with Crippen LogP contribution in [0.15, 0.2) is 0 Å². The Kier molecular flexibility index (Phi) is 3.34. The van der Waals surface area contributed by atoms with E-state index in [0.717, 1.165) is 19.4 Å². The standard InChI is InChI=1S/C8H16N2O2/c1-2-9-7-4-3-5-10(6-7)8(11)12/h7,9H,2-6H2,1H3,(H,11,12). The number of hydrogen-bond acceptors (Lipinski definition) is 2. The molecule has 1 fully saturated rings. The summed E-state index contributed by atoms with van der Waals surface area (Å²) in [5.41, 5.74) is 0. The summed E-state index contributed by atoms with van der Waals surface area (Å²) in [7, 11) is 0. The number of likely N-dealkylation sites (N-methyl/N-ethyl adjacent to an activating group) is 1. The van der Waals surface area contributed by atoms with Crippen molar-refractivity contribution in [3.8, 4) is 0 Å². The Morgan fingerprint density at radius 1 is 1.75 bits per heavy atom. The molecule has 1 aliphatic heterocycles. The van der Waals surface area contributed by atoms with Gasteiger partial charge in [-0.05, 0) is 19.4 Å². The molecule has 0 saturated carbocycles. The van der Waals surface area contributed by atoms with E-state index < -0.39 is 6.09 Å². The Hall–Kier alpha value is -0.770. The predicted octanol–water partition coefficient (Wildman–Crippen LogP) is 0.738. The first kappa shape index (κ1) is 9.32. The summed E-state index contributed by atoms with van der Waals surface area (Å²) in [6.07, 6.45) is 1.28. The van der Waals surface area contributed by atoms with Crippen molar-refractivity contribution >= 4 is 6.09 Å². The zero-order valence-electron chi connectivity index (χ0n) is 7.42. The van der Waals surface area contributed by atoms with Gasteiger partial charge in [0, 0.05) is 19.1 Å². The number of nitrogens with one attached hydrogen (secondary N) is 1. The van der Waals surface area contributed by atoms with Crippen LogP contribution < -0.4 is 5.32 Å². The van der Waals surface area contributed by atoms with Crippen LogP contribution in [0.2, 0.25) is 0 Å². The van der Waals surface area contributed by atoms with Gasteiger partial charge < -0.3 is 15.3 Å². The SMILES string of the molecule is CCNC1CCCN(C(=O)O)C1. The molecule has 0 bridgehead atoms. The van der Waals surface area contributed by atoms with Crippen LogP contribution in [0, 0.1) is 0 Å². The van der Waals surface area contributed by atoms with Crippen LogP contribution in [0.1, 0.15) is 19.8 Å². The third-order valence-electron chi connectivity index (χ3n) is 2.18. The minimum atomic E-state index is -0.794. The van der Waals surface area contributed by atoms with Gasteiger partial charge in [-0.3, -0.25) is 0 Å². The highest BCUT2D eigenvalue weighted by Gasteiger charge is 2.21. The van der Waals surface area contributed by atoms with E-state index in [9.17, 15) is 4.79 Å². The second-order valence-electron chi connectivity index (χ2n) is 3.13. The molecule has 4 nitrogen and oxygen atoms in total. The van der Waals surface area contributed by atoms with E-state index in [1.165, 1.54) is 4.90 Å². The number of amides is 1. The van der Waals surface area contributed by atoms with E-state index in [-0.39, 0.29) is 0 Å². The van der Waals surface area contributed by atoms with E-state index in [1.807, 2.05) is 6.92 Å². The van der Waals surface area contributed by atoms with Gasteiger partial charge in [0.15, 0.2) is 0 Å². The lowest BCUT2D eigenvalue weighted by atomic mass is 10.1. The molecule has 1 saturated heterocycles. The summed E-state index contributed by atoms with van der Waals surface area (Å²) >= 11 is 0. The Balaban J connectivity index is 2.35. The molecule has 0 aromatic rings. The zero-order valence-corrected chi connectivity index (χ0v) is 7.42. The second kappa shape index (κ2) is 4.30. The molecule has 1 aliphatic rings. The molecule has 0 aliphatic carbocycles. The number of nitrogens with zero attached hydrogens (tertiary/aromatic N) is 1. The highest BCUT2D eigenvalue weighted by atomic mass is 16.4. The summed E-state index contributed by atoms with van der Waals surface area (Å²) < 4.78 is 0. The number of carboxylic acid groups (broad SMARTS) is 1. The normalized spacial score (nSPS) is 24.1. The summed E-state index contributed by atoms with van der Waals surface area (Å²) in [6, 6.07) is 0.361. The monoisotopic (exact) mass is 172 g/mol. The largest absolute Gasteiger partial charge is 0.465 e. The third kappa shape index (κ3) is 2.37. The molecule has 70 valence electrons. The maximum atomic E-state index is 10.6. The van der Waals surface area contributed by atoms with Crippen LogP contribution in [-0.2, 0) is 0 Å². The van der Waals surface area contributed by atoms with Gasteiger partial charge in [0.05, 0.1) is 0 Å². The Morgan fingerprint density at radius 3 is 3.08 bits per heavy atom. The fourth-order valence-electron chi connectivity index (χ4n) is 1.61. The highest BCUT2D eigenvalue weighted by molar-refractivity contribution is 5.65. The smallest absolute Gasteiger partial charge is 0.407 e. The molecule has 4 heteroatoms. The Morgan fingerprint density at radius 2 is 2.50 bits per heavy atom. The lowest BCUT2D eigenvalue weighted by molar-refractivity contribution is 0.126. The topological polar surface area (TPSA) is 52.6 Å². The molecule has 0 spiro atoms. The van der Waals surface area contributed by atoms with Gasteiger partial charge in [-0.1, -0.05) is 6.92 Å². The van der Waals surface area contributed by atoms with E-state index in [4.69, 9.17) is 5.11 Å². The first-order chi connectivity index (χ1) is 5.74. The first-order valence-electron chi connectivity index (χ1n) is 4.45. The van der Waals surface area contributed by atoms with E-state index in [0.29, 0.717) is 19.1 Å². The molecule has 0 radical (unpaired) electrons. The fourth-order valence-corrected chi connectivity index (χ4v) is 1.61. The van der Waals surface area contributed by atoms with Gasteiger partial charge in [0.2, 0.25) is 0 Å².